The van der Waals surface area contributed by atoms with E-state index in [-0.39, 0.29) is 13.5 Å². The maximum Gasteiger partial charge on any atom is 0.460 e. The molecule has 0 aromatic rings. The number of halogens is 17. The highest BCUT2D eigenvalue weighted by Crippen LogP contribution is 2.64. The van der Waals surface area contributed by atoms with Crippen LogP contribution in [0.1, 0.15) is 26.7 Å². The predicted molar refractivity (Wildman–Crippen MR) is 97.0 cm³/mol. The lowest BCUT2D eigenvalue weighted by Crippen LogP contribution is -2.75. The summed E-state index contributed by atoms with van der Waals surface area (Å²) in [7, 11) is -7.80. The minimum atomic E-state index is -8.94. The van der Waals surface area contributed by atoms with Crippen molar-refractivity contribution in [2.24, 2.45) is 0 Å². The normalized spacial score (nSPS) is 16.2. The van der Waals surface area contributed by atoms with Gasteiger partial charge in [0.15, 0.2) is 6.23 Å². The zero-order chi connectivity index (χ0) is 32.9. The van der Waals surface area contributed by atoms with Gasteiger partial charge < -0.3 is 4.74 Å². The Balaban J connectivity index is 7.05. The minimum absolute atomic E-state index is 0.200. The first kappa shape index (κ1) is 37.9. The van der Waals surface area contributed by atoms with Crippen molar-refractivity contribution in [1.29, 1.82) is 0 Å². The second-order valence-corrected chi connectivity index (χ2v) is 9.95. The smallest absolute Gasteiger partial charge is 0.442 e. The van der Waals surface area contributed by atoms with Crippen molar-refractivity contribution >= 4 is 16.0 Å². The van der Waals surface area contributed by atoms with E-state index in [0.717, 1.165) is 13.8 Å². The summed E-state index contributed by atoms with van der Waals surface area (Å²) in [5, 5.41) is -7.75. The molecular formula is C17H16F17NO4S. The minimum Gasteiger partial charge on any atom is -0.442 e. The van der Waals surface area contributed by atoms with Crippen molar-refractivity contribution < 1.29 is 92.6 Å². The number of hydrogen-bond donors (Lipinski definition) is 0. The van der Waals surface area contributed by atoms with Crippen LogP contribution >= 0.6 is 0 Å². The maximum absolute atomic E-state index is 14.3. The van der Waals surface area contributed by atoms with Gasteiger partial charge in [0.25, 0.3) is 10.0 Å². The molecule has 0 heterocycles. The second kappa shape index (κ2) is 10.6. The van der Waals surface area contributed by atoms with E-state index in [1.807, 2.05) is 0 Å². The number of sulfonamides is 1. The van der Waals surface area contributed by atoms with Crippen LogP contribution in [-0.4, -0.2) is 78.9 Å². The van der Waals surface area contributed by atoms with Crippen LogP contribution < -0.4 is 0 Å². The number of ether oxygens (including phenoxy) is 1. The van der Waals surface area contributed by atoms with Crippen LogP contribution in [0.25, 0.3) is 0 Å². The molecule has 0 bridgehead atoms. The molecule has 0 spiro atoms. The largest absolute Gasteiger partial charge is 0.460 e. The molecule has 0 aliphatic carbocycles. The van der Waals surface area contributed by atoms with Gasteiger partial charge in [0.2, 0.25) is 0 Å². The first-order valence-electron chi connectivity index (χ1n) is 9.75. The average Bonchev–Trinajstić information content (AvgIpc) is 2.76. The topological polar surface area (TPSA) is 63.7 Å². The number of hydrogen-bond acceptors (Lipinski definition) is 4. The van der Waals surface area contributed by atoms with E-state index in [1.54, 1.807) is 0 Å². The molecule has 1 unspecified atom stereocenters. The Bertz CT molecular complexity index is 1070. The predicted octanol–water partition coefficient (Wildman–Crippen LogP) is 6.46. The summed E-state index contributed by atoms with van der Waals surface area (Å²) in [4.78, 5) is 11.6. The van der Waals surface area contributed by atoms with E-state index in [1.165, 1.54) is 0 Å². The van der Waals surface area contributed by atoms with E-state index < -0.39 is 85.5 Å². The van der Waals surface area contributed by atoms with Gasteiger partial charge in [-0.15, -0.1) is 0 Å². The Morgan fingerprint density at radius 2 is 1.05 bits per heavy atom. The molecule has 40 heavy (non-hydrogen) atoms. The lowest BCUT2D eigenvalue weighted by molar-refractivity contribution is -0.458. The highest BCUT2D eigenvalue weighted by Gasteiger charge is 2.96. The van der Waals surface area contributed by atoms with Crippen LogP contribution in [0.4, 0.5) is 74.6 Å². The van der Waals surface area contributed by atoms with Crippen LogP contribution in [0.5, 0.6) is 0 Å². The Hall–Kier alpha value is -2.07. The van der Waals surface area contributed by atoms with Crippen LogP contribution in [0.2, 0.25) is 0 Å². The monoisotopic (exact) mass is 653 g/mol. The third-order valence-electron chi connectivity index (χ3n) is 4.93. The van der Waals surface area contributed by atoms with Gasteiger partial charge in [-0.1, -0.05) is 19.9 Å². The summed E-state index contributed by atoms with van der Waals surface area (Å²) < 4.78 is 255. The van der Waals surface area contributed by atoms with Crippen molar-refractivity contribution in [3.05, 3.63) is 12.2 Å². The molecule has 0 aromatic heterocycles. The van der Waals surface area contributed by atoms with E-state index in [0.29, 0.717) is 0 Å². The Morgan fingerprint density at radius 3 is 1.35 bits per heavy atom. The number of rotatable bonds is 13. The standard InChI is InChI=1S/C17H16F17NO4S/c1-5-6-8(39-9(36)7(2)3)35(4)40(37,38)17(33,34)15(28,29)13(24,25)11(20,21)10(18,19)12(22,23)14(26,27)16(30,31)32/h8H,2,5-6H2,1,3-4H3. The first-order chi connectivity index (χ1) is 17.2. The van der Waals surface area contributed by atoms with E-state index in [9.17, 15) is 87.8 Å². The van der Waals surface area contributed by atoms with Crippen molar-refractivity contribution in [3.8, 4) is 0 Å². The maximum atomic E-state index is 14.3. The second-order valence-electron chi connectivity index (χ2n) is 7.91. The Kier molecular flexibility index (Phi) is 10.1. The molecule has 0 aliphatic rings. The fourth-order valence-corrected chi connectivity index (χ4v) is 3.70. The van der Waals surface area contributed by atoms with Crippen LogP contribution in [0.15, 0.2) is 12.2 Å². The number of alkyl halides is 17. The van der Waals surface area contributed by atoms with Gasteiger partial charge in [0, 0.05) is 12.6 Å². The van der Waals surface area contributed by atoms with Gasteiger partial charge in [-0.3, -0.25) is 0 Å². The molecule has 0 saturated heterocycles. The third kappa shape index (κ3) is 5.30. The highest BCUT2D eigenvalue weighted by atomic mass is 32.2. The molecule has 1 atom stereocenters. The van der Waals surface area contributed by atoms with Crippen molar-refractivity contribution in [2.75, 3.05) is 7.05 Å². The Morgan fingerprint density at radius 1 is 0.725 bits per heavy atom. The van der Waals surface area contributed by atoms with Gasteiger partial charge >= 0.3 is 52.9 Å². The molecular weight excluding hydrogens is 637 g/mol. The zero-order valence-corrected chi connectivity index (χ0v) is 20.4. The third-order valence-corrected chi connectivity index (χ3v) is 6.83. The van der Waals surface area contributed by atoms with Crippen molar-refractivity contribution in [2.45, 2.75) is 79.9 Å². The van der Waals surface area contributed by atoms with Gasteiger partial charge in [-0.25, -0.2) is 13.2 Å². The lowest BCUT2D eigenvalue weighted by Gasteiger charge is -2.43. The summed E-state index contributed by atoms with van der Waals surface area (Å²) in [5.41, 5.74) is -0.603. The SMILES string of the molecule is C=C(C)C(=O)OC(CCC)N(C)S(=O)(=O)C(F)(F)C(F)(F)C(F)(F)C(F)(F)C(F)(F)C(F)(F)C(F)(F)C(F)(F)F. The van der Waals surface area contributed by atoms with Crippen LogP contribution in [-0.2, 0) is 19.6 Å². The lowest BCUT2D eigenvalue weighted by atomic mass is 9.91. The fraction of sp³-hybridized carbons (Fsp3) is 0.824. The zero-order valence-electron chi connectivity index (χ0n) is 19.6. The molecule has 0 saturated carbocycles. The molecule has 0 aliphatic heterocycles. The highest BCUT2D eigenvalue weighted by molar-refractivity contribution is 7.90. The summed E-state index contributed by atoms with van der Waals surface area (Å²) in [6, 6.07) is 0. The fourth-order valence-electron chi connectivity index (χ4n) is 2.43. The number of esters is 1. The number of carbonyl (C=O) groups is 1. The molecule has 238 valence electrons. The van der Waals surface area contributed by atoms with Crippen LogP contribution in [0.3, 0.4) is 0 Å². The van der Waals surface area contributed by atoms with Gasteiger partial charge in [0.1, 0.15) is 0 Å². The molecule has 23 heteroatoms. The molecule has 0 radical (unpaired) electrons. The first-order valence-corrected chi connectivity index (χ1v) is 11.2. The summed E-state index contributed by atoms with van der Waals surface area (Å²) >= 11 is 0. The summed E-state index contributed by atoms with van der Waals surface area (Å²) in [5.74, 6) is -53.8. The summed E-state index contributed by atoms with van der Waals surface area (Å²) in [6.45, 7) is 4.93. The number of carbonyl (C=O) groups excluding carboxylic acids is 1. The van der Waals surface area contributed by atoms with Gasteiger partial charge in [0.05, 0.1) is 0 Å². The van der Waals surface area contributed by atoms with E-state index in [2.05, 4.69) is 11.3 Å². The van der Waals surface area contributed by atoms with Crippen LogP contribution in [0, 0.1) is 0 Å². The quantitative estimate of drug-likeness (QED) is 0.0992. The van der Waals surface area contributed by atoms with Crippen molar-refractivity contribution in [1.82, 2.24) is 4.31 Å². The molecule has 5 nitrogen and oxygen atoms in total. The molecule has 0 fully saturated rings. The van der Waals surface area contributed by atoms with E-state index in [4.69, 9.17) is 0 Å². The number of nitrogens with zero attached hydrogens (tertiary/aromatic N) is 1. The van der Waals surface area contributed by atoms with E-state index >= 15 is 0 Å². The van der Waals surface area contributed by atoms with Gasteiger partial charge in [-0.2, -0.15) is 78.9 Å². The van der Waals surface area contributed by atoms with Crippen molar-refractivity contribution in [3.63, 3.8) is 0 Å². The molecule has 0 N–H and O–H groups in total. The Labute approximate surface area is 212 Å². The molecule has 0 aromatic carbocycles. The summed E-state index contributed by atoms with van der Waals surface area (Å²) in [6.07, 6.45) is -11.8. The van der Waals surface area contributed by atoms with Gasteiger partial charge in [-0.05, 0) is 13.3 Å². The molecule has 0 amide bonds. The molecule has 0 rings (SSSR count). The average molecular weight is 653 g/mol.